The van der Waals surface area contributed by atoms with Crippen molar-refractivity contribution in [1.82, 2.24) is 9.55 Å². The van der Waals surface area contributed by atoms with Gasteiger partial charge in [0, 0.05) is 18.2 Å². The minimum atomic E-state index is -1.43. The molecule has 0 fully saturated rings. The Morgan fingerprint density at radius 1 is 1.23 bits per heavy atom. The van der Waals surface area contributed by atoms with Gasteiger partial charge < -0.3 is 4.55 Å². The lowest BCUT2D eigenvalue weighted by Crippen LogP contribution is -2.27. The summed E-state index contributed by atoms with van der Waals surface area (Å²) >= 11 is -1.43. The highest BCUT2D eigenvalue weighted by Gasteiger charge is 2.27. The van der Waals surface area contributed by atoms with Gasteiger partial charge >= 0.3 is 0 Å². The lowest BCUT2D eigenvalue weighted by Gasteiger charge is -2.19. The highest BCUT2D eigenvalue weighted by molar-refractivity contribution is 7.91. The van der Waals surface area contributed by atoms with E-state index in [-0.39, 0.29) is 5.56 Å². The number of benzene rings is 2. The molecule has 3 aromatic rings. The fourth-order valence-electron chi connectivity index (χ4n) is 3.06. The third-order valence-electron chi connectivity index (χ3n) is 4.73. The molecule has 0 aliphatic carbocycles. The largest absolute Gasteiger partial charge is 0.591 e. The van der Waals surface area contributed by atoms with Crippen LogP contribution < -0.4 is 5.56 Å². The van der Waals surface area contributed by atoms with Gasteiger partial charge in [0.1, 0.15) is 21.9 Å². The van der Waals surface area contributed by atoms with Gasteiger partial charge in [-0.15, -0.1) is 0 Å². The number of nitriles is 1. The summed E-state index contributed by atoms with van der Waals surface area (Å²) in [7, 11) is 1.68. The fraction of sp³-hybridized carbons (Fsp3) is 0.304. The molecule has 0 spiro atoms. The van der Waals surface area contributed by atoms with Crippen LogP contribution in [0.4, 0.5) is 0 Å². The number of nitrogens with zero attached hydrogens (tertiary/aromatic N) is 4. The molecule has 0 amide bonds. The number of aromatic nitrogens is 2. The van der Waals surface area contributed by atoms with E-state index in [0.29, 0.717) is 33.6 Å². The molecule has 30 heavy (non-hydrogen) atoms. The van der Waals surface area contributed by atoms with Crippen LogP contribution in [0.3, 0.4) is 0 Å². The summed E-state index contributed by atoms with van der Waals surface area (Å²) in [5.74, 6) is 0.492. The Kier molecular flexibility index (Phi) is 5.84. The van der Waals surface area contributed by atoms with Crippen molar-refractivity contribution < 1.29 is 4.55 Å². The first-order valence-corrected chi connectivity index (χ1v) is 10.6. The van der Waals surface area contributed by atoms with E-state index in [4.69, 9.17) is 10.2 Å². The van der Waals surface area contributed by atoms with Crippen LogP contribution in [0.5, 0.6) is 0 Å². The summed E-state index contributed by atoms with van der Waals surface area (Å²) in [4.78, 5) is 17.9. The molecule has 0 N–H and O–H groups in total. The van der Waals surface area contributed by atoms with Crippen molar-refractivity contribution in [3.63, 3.8) is 0 Å². The third kappa shape index (κ3) is 4.16. The zero-order chi connectivity index (χ0) is 22.2. The molecule has 1 heterocycles. The number of rotatable bonds is 3. The molecule has 0 saturated carbocycles. The van der Waals surface area contributed by atoms with Crippen LogP contribution in [0.25, 0.3) is 22.3 Å². The zero-order valence-electron chi connectivity index (χ0n) is 18.0. The van der Waals surface area contributed by atoms with E-state index >= 15 is 0 Å². The molecule has 2 aromatic carbocycles. The van der Waals surface area contributed by atoms with Crippen LogP contribution >= 0.6 is 0 Å². The van der Waals surface area contributed by atoms with Crippen molar-refractivity contribution in [3.05, 3.63) is 63.4 Å². The molecule has 1 unspecified atom stereocenters. The van der Waals surface area contributed by atoms with Crippen LogP contribution in [0.15, 0.2) is 45.6 Å². The van der Waals surface area contributed by atoms with E-state index < -0.39 is 16.1 Å². The smallest absolute Gasteiger partial charge is 0.261 e. The van der Waals surface area contributed by atoms with E-state index in [0.717, 1.165) is 11.1 Å². The van der Waals surface area contributed by atoms with E-state index in [9.17, 15) is 9.35 Å². The molecule has 0 bridgehead atoms. The molecule has 0 aliphatic heterocycles. The monoisotopic (exact) mass is 420 g/mol. The van der Waals surface area contributed by atoms with Gasteiger partial charge in [-0.2, -0.15) is 5.26 Å². The number of aryl methyl sites for hydroxylation is 1. The van der Waals surface area contributed by atoms with Gasteiger partial charge in [-0.3, -0.25) is 9.36 Å². The zero-order valence-corrected chi connectivity index (χ0v) is 18.8. The van der Waals surface area contributed by atoms with E-state index in [1.165, 1.54) is 4.57 Å². The summed E-state index contributed by atoms with van der Waals surface area (Å²) in [6.45, 7) is 9.30. The van der Waals surface area contributed by atoms with Crippen LogP contribution in [0.2, 0.25) is 0 Å². The molecule has 0 aliphatic rings. The molecule has 1 atom stereocenters. The van der Waals surface area contributed by atoms with Crippen molar-refractivity contribution >= 4 is 28.0 Å². The Labute approximate surface area is 179 Å². The normalized spacial score (nSPS) is 13.3. The average Bonchev–Trinajstić information content (AvgIpc) is 2.69. The van der Waals surface area contributed by atoms with Gasteiger partial charge in [0.05, 0.1) is 28.2 Å². The van der Waals surface area contributed by atoms with Crippen molar-refractivity contribution in [1.29, 1.82) is 5.26 Å². The Morgan fingerprint density at radius 3 is 2.43 bits per heavy atom. The van der Waals surface area contributed by atoms with Gasteiger partial charge in [-0.1, -0.05) is 4.40 Å². The Balaban J connectivity index is 2.29. The molecular weight excluding hydrogens is 396 g/mol. The minimum absolute atomic E-state index is 0.172. The van der Waals surface area contributed by atoms with Gasteiger partial charge in [-0.25, -0.2) is 4.98 Å². The third-order valence-corrected chi connectivity index (χ3v) is 6.22. The van der Waals surface area contributed by atoms with E-state index in [1.807, 2.05) is 39.8 Å². The molecule has 7 heteroatoms. The summed E-state index contributed by atoms with van der Waals surface area (Å²) in [6.07, 6.45) is 0. The highest BCUT2D eigenvalue weighted by Crippen LogP contribution is 2.24. The van der Waals surface area contributed by atoms with Crippen molar-refractivity contribution in [3.8, 4) is 17.5 Å². The Hall–Kier alpha value is -2.95. The first kappa shape index (κ1) is 21.8. The van der Waals surface area contributed by atoms with Gasteiger partial charge in [0.2, 0.25) is 0 Å². The maximum Gasteiger partial charge on any atom is 0.261 e. The van der Waals surface area contributed by atoms with E-state index in [1.54, 1.807) is 38.2 Å². The maximum atomic E-state index is 13.1. The molecular formula is C23H24N4O2S. The Bertz CT molecular complexity index is 1250. The van der Waals surface area contributed by atoms with Crippen molar-refractivity contribution in [2.24, 2.45) is 11.4 Å². The topological polar surface area (TPSA) is 94.1 Å². The summed E-state index contributed by atoms with van der Waals surface area (Å²) in [5.41, 5.74) is 3.78. The first-order valence-electron chi connectivity index (χ1n) is 9.52. The lowest BCUT2D eigenvalue weighted by atomic mass is 10.0. The van der Waals surface area contributed by atoms with Crippen LogP contribution in [0, 0.1) is 18.3 Å². The summed E-state index contributed by atoms with van der Waals surface area (Å²) in [6, 6.07) is 12.7. The van der Waals surface area contributed by atoms with Crippen LogP contribution in [-0.4, -0.2) is 24.6 Å². The SMILES string of the molecule is CC(=N[S+]([O-])C(C)(C)C)c1cc(C)cc2c(=O)n(C)c(-c3ccc(C#N)cc3)nc12. The summed E-state index contributed by atoms with van der Waals surface area (Å²) < 4.78 is 18.0. The quantitative estimate of drug-likeness (QED) is 0.472. The number of fused-ring (bicyclic) bond motifs is 1. The average molecular weight is 421 g/mol. The molecule has 0 radical (unpaired) electrons. The second-order valence-corrected chi connectivity index (χ2v) is 10.1. The minimum Gasteiger partial charge on any atom is -0.591 e. The lowest BCUT2D eigenvalue weighted by molar-refractivity contribution is 0.561. The maximum absolute atomic E-state index is 13.1. The second kappa shape index (κ2) is 8.05. The fourth-order valence-corrected chi connectivity index (χ4v) is 3.68. The van der Waals surface area contributed by atoms with Gasteiger partial charge in [0.15, 0.2) is 0 Å². The van der Waals surface area contributed by atoms with Crippen LogP contribution in [-0.2, 0) is 18.4 Å². The molecule has 0 saturated heterocycles. The molecule has 1 aromatic heterocycles. The predicted molar refractivity (Wildman–Crippen MR) is 122 cm³/mol. The number of hydrogen-bond donors (Lipinski definition) is 0. The molecule has 6 nitrogen and oxygen atoms in total. The molecule has 3 rings (SSSR count). The molecule has 154 valence electrons. The highest BCUT2D eigenvalue weighted by atomic mass is 32.2. The predicted octanol–water partition coefficient (Wildman–Crippen LogP) is 4.05. The standard InChI is InChI=1S/C23H24N4O2S/c1-14-11-18(15(2)26-30(29)23(3,4)5)20-19(12-14)22(28)27(6)21(25-20)17-9-7-16(13-24)8-10-17/h7-12H,1-6H3. The van der Waals surface area contributed by atoms with Crippen molar-refractivity contribution in [2.75, 3.05) is 0 Å². The van der Waals surface area contributed by atoms with Crippen molar-refractivity contribution in [2.45, 2.75) is 39.4 Å². The second-order valence-electron chi connectivity index (χ2n) is 8.24. The summed E-state index contributed by atoms with van der Waals surface area (Å²) in [5, 5.41) is 9.52. The Morgan fingerprint density at radius 2 is 1.87 bits per heavy atom. The van der Waals surface area contributed by atoms with Crippen LogP contribution in [0.1, 0.15) is 44.4 Å². The van der Waals surface area contributed by atoms with E-state index in [2.05, 4.69) is 10.5 Å². The van der Waals surface area contributed by atoms with Gasteiger partial charge in [0.25, 0.3) is 5.56 Å². The number of hydrogen-bond acceptors (Lipinski definition) is 5. The first-order chi connectivity index (χ1) is 14.0. The van der Waals surface area contributed by atoms with Gasteiger partial charge in [-0.05, 0) is 76.6 Å².